The lowest BCUT2D eigenvalue weighted by Crippen LogP contribution is -2.48. The minimum Gasteiger partial charge on any atom is -0.337 e. The molecule has 0 aliphatic carbocycles. The van der Waals surface area contributed by atoms with Crippen molar-refractivity contribution in [3.8, 4) is 0 Å². The Kier molecular flexibility index (Phi) is 5.39. The summed E-state index contributed by atoms with van der Waals surface area (Å²) in [5.74, 6) is -0.0272. The lowest BCUT2D eigenvalue weighted by Gasteiger charge is -2.35. The molecule has 1 aromatic heterocycles. The maximum absolute atomic E-state index is 12.7. The number of fused-ring (bicyclic) bond motifs is 2. The second kappa shape index (κ2) is 7.54. The standard InChI is InChI=1S/C18H23N5O.ClH/c1-22(16-9-14-7-8-15(10-16)19-14)18(24)17-12-23(21-20-17)11-13-5-3-2-4-6-13;/h2-6,12,14-16,19H,7-11H2,1H3;1H. The fourth-order valence-electron chi connectivity index (χ4n) is 3.93. The van der Waals surface area contributed by atoms with Gasteiger partial charge in [-0.05, 0) is 31.2 Å². The van der Waals surface area contributed by atoms with Crippen LogP contribution in [-0.2, 0) is 6.54 Å². The average molecular weight is 362 g/mol. The Morgan fingerprint density at radius 2 is 1.92 bits per heavy atom. The highest BCUT2D eigenvalue weighted by Crippen LogP contribution is 2.29. The smallest absolute Gasteiger partial charge is 0.276 e. The summed E-state index contributed by atoms with van der Waals surface area (Å²) in [6.07, 6.45) is 6.29. The third kappa shape index (κ3) is 3.85. The number of nitrogens with zero attached hydrogens (tertiary/aromatic N) is 4. The molecule has 1 aromatic carbocycles. The van der Waals surface area contributed by atoms with E-state index in [4.69, 9.17) is 0 Å². The van der Waals surface area contributed by atoms with Gasteiger partial charge < -0.3 is 10.2 Å². The third-order valence-electron chi connectivity index (χ3n) is 5.26. The van der Waals surface area contributed by atoms with Gasteiger partial charge in [-0.3, -0.25) is 4.79 Å². The third-order valence-corrected chi connectivity index (χ3v) is 5.26. The van der Waals surface area contributed by atoms with Crippen LogP contribution >= 0.6 is 12.4 Å². The number of piperidine rings is 1. The molecule has 2 aliphatic heterocycles. The molecule has 2 atom stereocenters. The second-order valence-electron chi connectivity index (χ2n) is 6.97. The van der Waals surface area contributed by atoms with Gasteiger partial charge in [-0.2, -0.15) is 0 Å². The Morgan fingerprint density at radius 1 is 1.24 bits per heavy atom. The predicted molar refractivity (Wildman–Crippen MR) is 97.9 cm³/mol. The van der Waals surface area contributed by atoms with Crippen molar-refractivity contribution < 1.29 is 4.79 Å². The molecule has 2 aliphatic rings. The highest BCUT2D eigenvalue weighted by Gasteiger charge is 2.36. The molecular weight excluding hydrogens is 338 g/mol. The predicted octanol–water partition coefficient (Wildman–Crippen LogP) is 2.10. The molecule has 2 unspecified atom stereocenters. The molecule has 2 aromatic rings. The van der Waals surface area contributed by atoms with Crippen LogP contribution < -0.4 is 5.32 Å². The molecule has 2 fully saturated rings. The summed E-state index contributed by atoms with van der Waals surface area (Å²) in [4.78, 5) is 14.6. The Hall–Kier alpha value is -1.92. The van der Waals surface area contributed by atoms with E-state index in [1.54, 1.807) is 10.9 Å². The van der Waals surface area contributed by atoms with Gasteiger partial charge in [-0.15, -0.1) is 17.5 Å². The zero-order chi connectivity index (χ0) is 16.5. The first kappa shape index (κ1) is 17.9. The van der Waals surface area contributed by atoms with Crippen molar-refractivity contribution in [1.29, 1.82) is 0 Å². The normalized spacial score (nSPS) is 24.6. The molecule has 3 heterocycles. The van der Waals surface area contributed by atoms with E-state index in [2.05, 4.69) is 15.6 Å². The fourth-order valence-corrected chi connectivity index (χ4v) is 3.93. The SMILES string of the molecule is CN(C(=O)c1cn(Cc2ccccc2)nn1)C1CC2CCC(C1)N2.Cl. The van der Waals surface area contributed by atoms with Gasteiger partial charge in [-0.25, -0.2) is 4.68 Å². The molecule has 1 N–H and O–H groups in total. The first-order valence-electron chi connectivity index (χ1n) is 8.66. The van der Waals surface area contributed by atoms with Crippen LogP contribution in [0.4, 0.5) is 0 Å². The van der Waals surface area contributed by atoms with Crippen LogP contribution in [-0.4, -0.2) is 51.0 Å². The minimum absolute atomic E-state index is 0. The van der Waals surface area contributed by atoms with Crippen LogP contribution in [0.15, 0.2) is 36.5 Å². The first-order chi connectivity index (χ1) is 11.7. The van der Waals surface area contributed by atoms with Crippen LogP contribution in [0.25, 0.3) is 0 Å². The largest absolute Gasteiger partial charge is 0.337 e. The minimum atomic E-state index is -0.0272. The van der Waals surface area contributed by atoms with E-state index in [-0.39, 0.29) is 18.3 Å². The van der Waals surface area contributed by atoms with E-state index in [1.165, 1.54) is 12.8 Å². The Morgan fingerprint density at radius 3 is 2.60 bits per heavy atom. The zero-order valence-electron chi connectivity index (χ0n) is 14.3. The second-order valence-corrected chi connectivity index (χ2v) is 6.97. The summed E-state index contributed by atoms with van der Waals surface area (Å²) < 4.78 is 1.72. The molecular formula is C18H24ClN5O. The van der Waals surface area contributed by atoms with E-state index in [0.29, 0.717) is 30.4 Å². The lowest BCUT2D eigenvalue weighted by molar-refractivity contribution is 0.0675. The molecule has 0 saturated carbocycles. The van der Waals surface area contributed by atoms with Crippen LogP contribution in [0.2, 0.25) is 0 Å². The summed E-state index contributed by atoms with van der Waals surface area (Å²) in [6, 6.07) is 11.5. The maximum atomic E-state index is 12.7. The van der Waals surface area contributed by atoms with Crippen molar-refractivity contribution in [3.63, 3.8) is 0 Å². The number of hydrogen-bond acceptors (Lipinski definition) is 4. The molecule has 4 rings (SSSR count). The summed E-state index contributed by atoms with van der Waals surface area (Å²) in [6.45, 7) is 0.627. The quantitative estimate of drug-likeness (QED) is 0.905. The van der Waals surface area contributed by atoms with E-state index in [0.717, 1.165) is 18.4 Å². The van der Waals surface area contributed by atoms with Crippen molar-refractivity contribution in [2.45, 2.75) is 50.4 Å². The highest BCUT2D eigenvalue weighted by molar-refractivity contribution is 5.92. The van der Waals surface area contributed by atoms with Gasteiger partial charge in [0, 0.05) is 25.2 Å². The molecule has 2 saturated heterocycles. The lowest BCUT2D eigenvalue weighted by atomic mass is 9.98. The van der Waals surface area contributed by atoms with Crippen molar-refractivity contribution in [2.75, 3.05) is 7.05 Å². The van der Waals surface area contributed by atoms with Crippen molar-refractivity contribution >= 4 is 18.3 Å². The van der Waals surface area contributed by atoms with Crippen molar-refractivity contribution in [1.82, 2.24) is 25.2 Å². The number of benzene rings is 1. The summed E-state index contributed by atoms with van der Waals surface area (Å²) >= 11 is 0. The number of carbonyl (C=O) groups is 1. The number of halogens is 1. The van der Waals surface area contributed by atoms with Crippen molar-refractivity contribution in [3.05, 3.63) is 47.8 Å². The summed E-state index contributed by atoms with van der Waals surface area (Å²) in [5, 5.41) is 11.8. The molecule has 0 radical (unpaired) electrons. The molecule has 7 heteroatoms. The van der Waals surface area contributed by atoms with Crippen LogP contribution in [0.5, 0.6) is 0 Å². The van der Waals surface area contributed by atoms with Crippen LogP contribution in [0.3, 0.4) is 0 Å². The summed E-state index contributed by atoms with van der Waals surface area (Å²) in [5.41, 5.74) is 1.57. The highest BCUT2D eigenvalue weighted by atomic mass is 35.5. The number of aromatic nitrogens is 3. The van der Waals surface area contributed by atoms with Gasteiger partial charge in [0.1, 0.15) is 0 Å². The Bertz CT molecular complexity index is 707. The molecule has 2 bridgehead atoms. The number of amides is 1. The number of rotatable bonds is 4. The fraction of sp³-hybridized carbons (Fsp3) is 0.500. The number of hydrogen-bond donors (Lipinski definition) is 1. The average Bonchev–Trinajstić information content (AvgIpc) is 3.20. The molecule has 1 amide bonds. The van der Waals surface area contributed by atoms with Gasteiger partial charge in [0.05, 0.1) is 12.7 Å². The van der Waals surface area contributed by atoms with Gasteiger partial charge in [0.25, 0.3) is 5.91 Å². The molecule has 25 heavy (non-hydrogen) atoms. The van der Waals surface area contributed by atoms with Gasteiger partial charge in [0.2, 0.25) is 0 Å². The van der Waals surface area contributed by atoms with Crippen molar-refractivity contribution in [2.24, 2.45) is 0 Å². The van der Waals surface area contributed by atoms with E-state index >= 15 is 0 Å². The number of nitrogens with one attached hydrogen (secondary N) is 1. The van der Waals surface area contributed by atoms with E-state index in [1.807, 2.05) is 42.3 Å². The van der Waals surface area contributed by atoms with Gasteiger partial charge >= 0.3 is 0 Å². The molecule has 0 spiro atoms. The number of carbonyl (C=O) groups excluding carboxylic acids is 1. The Labute approximate surface area is 154 Å². The summed E-state index contributed by atoms with van der Waals surface area (Å²) in [7, 11) is 1.90. The molecule has 6 nitrogen and oxygen atoms in total. The van der Waals surface area contributed by atoms with Crippen LogP contribution in [0, 0.1) is 0 Å². The maximum Gasteiger partial charge on any atom is 0.276 e. The van der Waals surface area contributed by atoms with E-state index < -0.39 is 0 Å². The zero-order valence-corrected chi connectivity index (χ0v) is 15.2. The monoisotopic (exact) mass is 361 g/mol. The molecule has 134 valence electrons. The Balaban J connectivity index is 0.00000182. The first-order valence-corrected chi connectivity index (χ1v) is 8.66. The van der Waals surface area contributed by atoms with E-state index in [9.17, 15) is 4.79 Å². The van der Waals surface area contributed by atoms with Gasteiger partial charge in [-0.1, -0.05) is 35.5 Å². The topological polar surface area (TPSA) is 63.1 Å². The van der Waals surface area contributed by atoms with Crippen LogP contribution in [0.1, 0.15) is 41.7 Å². The van der Waals surface area contributed by atoms with Gasteiger partial charge in [0.15, 0.2) is 5.69 Å².